The number of carbonyl (C=O) groups excluding carboxylic acids is 1. The highest BCUT2D eigenvalue weighted by atomic mass is 16.1. The molecule has 0 aliphatic carbocycles. The summed E-state index contributed by atoms with van der Waals surface area (Å²) < 4.78 is 0. The number of amidine groups is 1. The highest BCUT2D eigenvalue weighted by Gasteiger charge is 2.08. The lowest BCUT2D eigenvalue weighted by Crippen LogP contribution is -2.13. The summed E-state index contributed by atoms with van der Waals surface area (Å²) in [6.07, 6.45) is 3.50. The molecule has 0 aliphatic rings. The smallest absolute Gasteiger partial charge is 0.255 e. The van der Waals surface area contributed by atoms with E-state index in [0.717, 1.165) is 11.3 Å². The molecule has 3 aromatic rings. The van der Waals surface area contributed by atoms with Gasteiger partial charge in [-0.2, -0.15) is 5.26 Å². The standard InChI is InChI=1S/C22H20N6O/c23-12-9-21(27-18-10-13-25-14-11-18)26-15-16-5-7-17(8-6-16)22(29)28-20-4-2-1-3-19(20)24/h1-8,10-11,13-14H,9,15,24H2,(H,28,29)(H,25,26,27). The maximum Gasteiger partial charge on any atom is 0.255 e. The first-order valence-electron chi connectivity index (χ1n) is 8.98. The predicted molar refractivity (Wildman–Crippen MR) is 114 cm³/mol. The van der Waals surface area contributed by atoms with E-state index in [1.807, 2.05) is 24.3 Å². The van der Waals surface area contributed by atoms with E-state index >= 15 is 0 Å². The average molecular weight is 384 g/mol. The van der Waals surface area contributed by atoms with Crippen LogP contribution in [-0.4, -0.2) is 16.7 Å². The monoisotopic (exact) mass is 384 g/mol. The van der Waals surface area contributed by atoms with Gasteiger partial charge in [0.05, 0.1) is 30.4 Å². The number of nitrogens with zero attached hydrogens (tertiary/aromatic N) is 3. The number of aliphatic imine (C=N–C) groups is 1. The molecule has 1 heterocycles. The van der Waals surface area contributed by atoms with Gasteiger partial charge in [-0.25, -0.2) is 0 Å². The summed E-state index contributed by atoms with van der Waals surface area (Å²) in [5.74, 6) is 0.336. The van der Waals surface area contributed by atoms with Crippen molar-refractivity contribution in [3.05, 3.63) is 84.2 Å². The van der Waals surface area contributed by atoms with Gasteiger partial charge in [-0.15, -0.1) is 0 Å². The normalized spacial score (nSPS) is 10.8. The molecule has 3 rings (SSSR count). The quantitative estimate of drug-likeness (QED) is 0.339. The highest BCUT2D eigenvalue weighted by molar-refractivity contribution is 6.05. The molecule has 7 nitrogen and oxygen atoms in total. The summed E-state index contributed by atoms with van der Waals surface area (Å²) in [6, 6.07) is 20.0. The number of aromatic nitrogens is 1. The second kappa shape index (κ2) is 9.67. The number of nitrogen functional groups attached to an aromatic ring is 1. The number of rotatable bonds is 6. The Bertz CT molecular complexity index is 1040. The zero-order chi connectivity index (χ0) is 20.5. The average Bonchev–Trinajstić information content (AvgIpc) is 2.75. The minimum absolute atomic E-state index is 0.168. The van der Waals surface area contributed by atoms with Crippen LogP contribution < -0.4 is 16.4 Å². The molecular formula is C22H20N6O. The van der Waals surface area contributed by atoms with Crippen molar-refractivity contribution in [3.8, 4) is 6.07 Å². The Morgan fingerprint density at radius 1 is 1.03 bits per heavy atom. The number of anilines is 3. The summed E-state index contributed by atoms with van der Waals surface area (Å²) >= 11 is 0. The molecule has 0 aliphatic heterocycles. The molecule has 0 saturated carbocycles. The van der Waals surface area contributed by atoms with Gasteiger partial charge in [0.25, 0.3) is 5.91 Å². The van der Waals surface area contributed by atoms with E-state index in [0.29, 0.717) is 29.3 Å². The zero-order valence-corrected chi connectivity index (χ0v) is 15.7. The molecule has 2 aromatic carbocycles. The van der Waals surface area contributed by atoms with Gasteiger partial charge in [-0.1, -0.05) is 24.3 Å². The first kappa shape index (κ1) is 19.6. The Kier molecular flexibility index (Phi) is 6.53. The Morgan fingerprint density at radius 2 is 1.76 bits per heavy atom. The second-order valence-electron chi connectivity index (χ2n) is 6.20. The largest absolute Gasteiger partial charge is 0.397 e. The van der Waals surface area contributed by atoms with Crippen LogP contribution in [0.3, 0.4) is 0 Å². The second-order valence-corrected chi connectivity index (χ2v) is 6.20. The number of nitrogens with two attached hydrogens (primary N) is 1. The minimum atomic E-state index is -0.234. The molecule has 7 heteroatoms. The van der Waals surface area contributed by atoms with Crippen LogP contribution in [0.15, 0.2) is 78.0 Å². The topological polar surface area (TPSA) is 116 Å². The molecule has 1 aromatic heterocycles. The van der Waals surface area contributed by atoms with E-state index < -0.39 is 0 Å². The number of carbonyl (C=O) groups is 1. The Hall–Kier alpha value is -4.18. The molecule has 0 unspecified atom stereocenters. The Labute approximate surface area is 168 Å². The molecular weight excluding hydrogens is 364 g/mol. The molecule has 0 fully saturated rings. The summed E-state index contributed by atoms with van der Waals surface area (Å²) in [6.45, 7) is 0.391. The van der Waals surface area contributed by atoms with Crippen LogP contribution in [0.25, 0.3) is 0 Å². The predicted octanol–water partition coefficient (Wildman–Crippen LogP) is 3.84. The number of nitrogens with one attached hydrogen (secondary N) is 2. The van der Waals surface area contributed by atoms with Gasteiger partial charge < -0.3 is 16.4 Å². The maximum atomic E-state index is 12.4. The molecule has 0 saturated heterocycles. The fourth-order valence-electron chi connectivity index (χ4n) is 2.57. The molecule has 0 radical (unpaired) electrons. The summed E-state index contributed by atoms with van der Waals surface area (Å²) in [5.41, 5.74) is 9.21. The van der Waals surface area contributed by atoms with Crippen molar-refractivity contribution in [2.24, 2.45) is 4.99 Å². The maximum absolute atomic E-state index is 12.4. The van der Waals surface area contributed by atoms with Crippen molar-refractivity contribution in [2.75, 3.05) is 16.4 Å². The summed E-state index contributed by atoms with van der Waals surface area (Å²) in [7, 11) is 0. The molecule has 1 amide bonds. The third-order valence-corrected chi connectivity index (χ3v) is 4.09. The number of amides is 1. The van der Waals surface area contributed by atoms with E-state index in [4.69, 9.17) is 11.0 Å². The zero-order valence-electron chi connectivity index (χ0n) is 15.7. The molecule has 0 bridgehead atoms. The first-order valence-corrected chi connectivity index (χ1v) is 8.98. The van der Waals surface area contributed by atoms with Crippen LogP contribution in [0, 0.1) is 11.3 Å². The lowest BCUT2D eigenvalue weighted by molar-refractivity contribution is 0.102. The fraction of sp³-hybridized carbons (Fsp3) is 0.0909. The number of nitriles is 1. The van der Waals surface area contributed by atoms with E-state index in [2.05, 4.69) is 26.7 Å². The third kappa shape index (κ3) is 5.65. The lowest BCUT2D eigenvalue weighted by atomic mass is 10.1. The number of para-hydroxylation sites is 2. The number of pyridine rings is 1. The van der Waals surface area contributed by atoms with E-state index in [9.17, 15) is 4.79 Å². The first-order chi connectivity index (χ1) is 14.2. The number of hydrogen-bond donors (Lipinski definition) is 3. The van der Waals surface area contributed by atoms with Crippen LogP contribution in [0.4, 0.5) is 17.1 Å². The lowest BCUT2D eigenvalue weighted by Gasteiger charge is -2.09. The molecule has 144 valence electrons. The summed E-state index contributed by atoms with van der Waals surface area (Å²) in [5, 5.41) is 14.9. The number of hydrogen-bond acceptors (Lipinski definition) is 5. The van der Waals surface area contributed by atoms with Crippen molar-refractivity contribution in [2.45, 2.75) is 13.0 Å². The van der Waals surface area contributed by atoms with E-state index in [-0.39, 0.29) is 12.3 Å². The van der Waals surface area contributed by atoms with Gasteiger partial charge in [-0.05, 0) is 42.0 Å². The Morgan fingerprint density at radius 3 is 2.45 bits per heavy atom. The van der Waals surface area contributed by atoms with Gasteiger partial charge >= 0.3 is 0 Å². The Balaban J connectivity index is 1.64. The van der Waals surface area contributed by atoms with Gasteiger partial charge in [0.2, 0.25) is 0 Å². The van der Waals surface area contributed by atoms with Crippen LogP contribution in [0.1, 0.15) is 22.3 Å². The van der Waals surface area contributed by atoms with Crippen molar-refractivity contribution in [1.29, 1.82) is 5.26 Å². The van der Waals surface area contributed by atoms with Crippen LogP contribution in [-0.2, 0) is 6.54 Å². The third-order valence-electron chi connectivity index (χ3n) is 4.09. The fourth-order valence-corrected chi connectivity index (χ4v) is 2.57. The van der Waals surface area contributed by atoms with Crippen molar-refractivity contribution in [3.63, 3.8) is 0 Å². The van der Waals surface area contributed by atoms with Crippen LogP contribution in [0.2, 0.25) is 0 Å². The van der Waals surface area contributed by atoms with Crippen LogP contribution >= 0.6 is 0 Å². The SMILES string of the molecule is N#CCC(=NCc1ccc(C(=O)Nc2ccccc2N)cc1)Nc1ccncc1. The minimum Gasteiger partial charge on any atom is -0.397 e. The van der Waals surface area contributed by atoms with E-state index in [1.54, 1.807) is 48.8 Å². The van der Waals surface area contributed by atoms with E-state index in [1.165, 1.54) is 0 Å². The van der Waals surface area contributed by atoms with Gasteiger partial charge in [-0.3, -0.25) is 14.8 Å². The van der Waals surface area contributed by atoms with Gasteiger partial charge in [0.15, 0.2) is 0 Å². The van der Waals surface area contributed by atoms with Gasteiger partial charge in [0.1, 0.15) is 5.84 Å². The molecule has 0 spiro atoms. The van der Waals surface area contributed by atoms with Crippen molar-refractivity contribution in [1.82, 2.24) is 4.98 Å². The van der Waals surface area contributed by atoms with Crippen molar-refractivity contribution >= 4 is 28.8 Å². The molecule has 4 N–H and O–H groups in total. The summed E-state index contributed by atoms with van der Waals surface area (Å²) in [4.78, 5) is 20.8. The molecule has 0 atom stereocenters. The highest BCUT2D eigenvalue weighted by Crippen LogP contribution is 2.18. The van der Waals surface area contributed by atoms with Crippen molar-refractivity contribution < 1.29 is 4.79 Å². The van der Waals surface area contributed by atoms with Gasteiger partial charge in [0, 0.05) is 23.6 Å². The molecule has 29 heavy (non-hydrogen) atoms. The number of benzene rings is 2. The van der Waals surface area contributed by atoms with Crippen LogP contribution in [0.5, 0.6) is 0 Å².